The molecule has 3 heterocycles. The van der Waals surface area contributed by atoms with Gasteiger partial charge in [-0.2, -0.15) is 14.5 Å². The Morgan fingerprint density at radius 3 is 2.72 bits per heavy atom. The van der Waals surface area contributed by atoms with Crippen molar-refractivity contribution in [1.82, 2.24) is 29.2 Å². The van der Waals surface area contributed by atoms with E-state index in [-0.39, 0.29) is 12.5 Å². The van der Waals surface area contributed by atoms with Gasteiger partial charge in [-0.15, -0.1) is 0 Å². The molecule has 0 saturated heterocycles. The highest BCUT2D eigenvalue weighted by Gasteiger charge is 2.23. The summed E-state index contributed by atoms with van der Waals surface area (Å²) >= 11 is 0. The summed E-state index contributed by atoms with van der Waals surface area (Å²) < 4.78 is 28.5. The van der Waals surface area contributed by atoms with Gasteiger partial charge in [0.15, 0.2) is 0 Å². The van der Waals surface area contributed by atoms with Crippen LogP contribution in [0.4, 0.5) is 0 Å². The van der Waals surface area contributed by atoms with Crippen LogP contribution in [0.5, 0.6) is 0 Å². The Balaban J connectivity index is 1.69. The van der Waals surface area contributed by atoms with Crippen molar-refractivity contribution in [3.8, 4) is 0 Å². The summed E-state index contributed by atoms with van der Waals surface area (Å²) in [7, 11) is -1.47. The molecule has 2 aromatic heterocycles. The van der Waals surface area contributed by atoms with Crippen LogP contribution in [-0.4, -0.2) is 51.0 Å². The molecule has 10 heteroatoms. The molecule has 0 spiro atoms. The molecule has 9 nitrogen and oxygen atoms in total. The van der Waals surface area contributed by atoms with Gasteiger partial charge in [0.1, 0.15) is 0 Å². The van der Waals surface area contributed by atoms with Gasteiger partial charge in [-0.3, -0.25) is 14.2 Å². The number of fused-ring (bicyclic) bond motifs is 1. The Morgan fingerprint density at radius 2 is 2.08 bits per heavy atom. The van der Waals surface area contributed by atoms with E-state index < -0.39 is 10.0 Å². The van der Waals surface area contributed by atoms with Crippen molar-refractivity contribution in [3.05, 3.63) is 34.9 Å². The van der Waals surface area contributed by atoms with Crippen molar-refractivity contribution in [2.75, 3.05) is 12.8 Å². The predicted molar refractivity (Wildman–Crippen MR) is 91.2 cm³/mol. The molecule has 1 aliphatic heterocycles. The number of aromatic nitrogens is 4. The Bertz CT molecular complexity index is 899. The summed E-state index contributed by atoms with van der Waals surface area (Å²) in [5.41, 5.74) is 2.75. The van der Waals surface area contributed by atoms with Crippen LogP contribution >= 0.6 is 0 Å². The SMILES string of the molecule is Cc1nn(C)cc1C(=O)NCc1cc2n(n1)CCCN(S(C)(=O)=O)C2. The molecule has 3 rings (SSSR count). The third-order valence-electron chi connectivity index (χ3n) is 4.19. The summed E-state index contributed by atoms with van der Waals surface area (Å²) in [5.74, 6) is -0.202. The van der Waals surface area contributed by atoms with Crippen LogP contribution in [0.2, 0.25) is 0 Å². The molecule has 25 heavy (non-hydrogen) atoms. The van der Waals surface area contributed by atoms with Crippen molar-refractivity contribution in [1.29, 1.82) is 0 Å². The first-order valence-electron chi connectivity index (χ1n) is 8.03. The molecule has 0 fully saturated rings. The first-order chi connectivity index (χ1) is 11.7. The molecule has 2 aromatic rings. The average Bonchev–Trinajstić information content (AvgIpc) is 2.99. The van der Waals surface area contributed by atoms with E-state index in [4.69, 9.17) is 0 Å². The lowest BCUT2D eigenvalue weighted by atomic mass is 10.2. The van der Waals surface area contributed by atoms with Crippen LogP contribution in [0.1, 0.15) is 33.9 Å². The fraction of sp³-hybridized carbons (Fsp3) is 0.533. The highest BCUT2D eigenvalue weighted by molar-refractivity contribution is 7.88. The minimum atomic E-state index is -3.23. The van der Waals surface area contributed by atoms with Crippen molar-refractivity contribution < 1.29 is 13.2 Å². The van der Waals surface area contributed by atoms with E-state index in [0.717, 1.165) is 5.69 Å². The molecule has 0 aliphatic carbocycles. The summed E-state index contributed by atoms with van der Waals surface area (Å²) in [4.78, 5) is 12.2. The van der Waals surface area contributed by atoms with E-state index in [9.17, 15) is 13.2 Å². The van der Waals surface area contributed by atoms with E-state index in [0.29, 0.717) is 43.0 Å². The number of amides is 1. The van der Waals surface area contributed by atoms with Gasteiger partial charge in [-0.1, -0.05) is 0 Å². The average molecular weight is 366 g/mol. The second-order valence-corrected chi connectivity index (χ2v) is 8.27. The minimum Gasteiger partial charge on any atom is -0.346 e. The topological polar surface area (TPSA) is 102 Å². The molecule has 136 valence electrons. The Morgan fingerprint density at radius 1 is 1.32 bits per heavy atom. The van der Waals surface area contributed by atoms with Crippen molar-refractivity contribution in [3.63, 3.8) is 0 Å². The summed E-state index contributed by atoms with van der Waals surface area (Å²) in [6.45, 7) is 3.53. The highest BCUT2D eigenvalue weighted by atomic mass is 32.2. The maximum atomic E-state index is 12.2. The number of sulfonamides is 1. The van der Waals surface area contributed by atoms with Gasteiger partial charge in [0.25, 0.3) is 5.91 Å². The molecule has 0 atom stereocenters. The third kappa shape index (κ3) is 3.90. The lowest BCUT2D eigenvalue weighted by Crippen LogP contribution is -2.29. The lowest BCUT2D eigenvalue weighted by Gasteiger charge is -2.16. The monoisotopic (exact) mass is 366 g/mol. The Labute approximate surface area is 146 Å². The molecular formula is C15H22N6O3S. The second kappa shape index (κ2) is 6.60. The van der Waals surface area contributed by atoms with Crippen molar-refractivity contribution >= 4 is 15.9 Å². The Hall–Kier alpha value is -2.20. The maximum Gasteiger partial charge on any atom is 0.255 e. The fourth-order valence-corrected chi connectivity index (χ4v) is 3.78. The number of nitrogens with zero attached hydrogens (tertiary/aromatic N) is 5. The zero-order chi connectivity index (χ0) is 18.2. The van der Waals surface area contributed by atoms with Gasteiger partial charge >= 0.3 is 0 Å². The number of hydrogen-bond donors (Lipinski definition) is 1. The van der Waals surface area contributed by atoms with Gasteiger partial charge in [-0.05, 0) is 19.4 Å². The molecule has 0 saturated carbocycles. The van der Waals surface area contributed by atoms with Crippen LogP contribution in [0.15, 0.2) is 12.3 Å². The molecule has 1 N–H and O–H groups in total. The molecule has 0 aromatic carbocycles. The molecule has 1 amide bonds. The van der Waals surface area contributed by atoms with Gasteiger partial charge < -0.3 is 5.32 Å². The van der Waals surface area contributed by atoms with Gasteiger partial charge in [0, 0.05) is 26.3 Å². The van der Waals surface area contributed by atoms with Crippen LogP contribution in [0.3, 0.4) is 0 Å². The first-order valence-corrected chi connectivity index (χ1v) is 9.88. The van der Waals surface area contributed by atoms with Crippen LogP contribution in [-0.2, 0) is 36.7 Å². The number of carbonyl (C=O) groups is 1. The maximum absolute atomic E-state index is 12.2. The fourth-order valence-electron chi connectivity index (χ4n) is 2.95. The minimum absolute atomic E-state index is 0.202. The normalized spacial score (nSPS) is 15.6. The zero-order valence-electron chi connectivity index (χ0n) is 14.6. The van der Waals surface area contributed by atoms with E-state index >= 15 is 0 Å². The molecule has 1 aliphatic rings. The number of rotatable bonds is 4. The van der Waals surface area contributed by atoms with Crippen LogP contribution < -0.4 is 5.32 Å². The molecule has 0 radical (unpaired) electrons. The zero-order valence-corrected chi connectivity index (χ0v) is 15.4. The van der Waals surface area contributed by atoms with E-state index in [1.807, 2.05) is 10.7 Å². The smallest absolute Gasteiger partial charge is 0.255 e. The van der Waals surface area contributed by atoms with Gasteiger partial charge in [-0.25, -0.2) is 8.42 Å². The largest absolute Gasteiger partial charge is 0.346 e. The number of carbonyl (C=O) groups excluding carboxylic acids is 1. The Kier molecular flexibility index (Phi) is 4.65. The van der Waals surface area contributed by atoms with Crippen molar-refractivity contribution in [2.45, 2.75) is 33.0 Å². The van der Waals surface area contributed by atoms with Crippen LogP contribution in [0.25, 0.3) is 0 Å². The number of hydrogen-bond acceptors (Lipinski definition) is 5. The summed E-state index contributed by atoms with van der Waals surface area (Å²) in [5, 5.41) is 11.5. The number of nitrogens with one attached hydrogen (secondary N) is 1. The lowest BCUT2D eigenvalue weighted by molar-refractivity contribution is 0.0949. The summed E-state index contributed by atoms with van der Waals surface area (Å²) in [6, 6.07) is 1.85. The van der Waals surface area contributed by atoms with E-state index in [2.05, 4.69) is 15.5 Å². The first kappa shape index (κ1) is 17.6. The third-order valence-corrected chi connectivity index (χ3v) is 5.44. The molecular weight excluding hydrogens is 344 g/mol. The van der Waals surface area contributed by atoms with Gasteiger partial charge in [0.2, 0.25) is 10.0 Å². The second-order valence-electron chi connectivity index (χ2n) is 6.28. The van der Waals surface area contributed by atoms with E-state index in [1.54, 1.807) is 24.9 Å². The highest BCUT2D eigenvalue weighted by Crippen LogP contribution is 2.16. The summed E-state index contributed by atoms with van der Waals surface area (Å²) in [6.07, 6.45) is 3.61. The van der Waals surface area contributed by atoms with Crippen molar-refractivity contribution in [2.24, 2.45) is 7.05 Å². The van der Waals surface area contributed by atoms with Crippen LogP contribution in [0, 0.1) is 6.92 Å². The van der Waals surface area contributed by atoms with Gasteiger partial charge in [0.05, 0.1) is 42.0 Å². The molecule has 0 unspecified atom stereocenters. The van der Waals surface area contributed by atoms with E-state index in [1.165, 1.54) is 10.6 Å². The predicted octanol–water partition coefficient (Wildman–Crippen LogP) is 0.0203. The molecule has 0 bridgehead atoms. The standard InChI is InChI=1S/C15H22N6O3S/c1-11-14(10-19(2)17-11)15(22)16-8-12-7-13-9-20(25(3,23)24)5-4-6-21(13)18-12/h7,10H,4-6,8-9H2,1-3H3,(H,16,22). The quantitative estimate of drug-likeness (QED) is 0.822. The number of aryl methyl sites for hydroxylation is 3.